The second kappa shape index (κ2) is 12.3. The number of aryl methyl sites for hydroxylation is 2. The first-order valence-electron chi connectivity index (χ1n) is 16.3. The molecule has 0 radical (unpaired) electrons. The Balaban J connectivity index is 1.66. The molecule has 0 fully saturated rings. The van der Waals surface area contributed by atoms with Crippen LogP contribution in [0.25, 0.3) is 11.1 Å². The summed E-state index contributed by atoms with van der Waals surface area (Å²) < 4.78 is 12.6. The summed E-state index contributed by atoms with van der Waals surface area (Å²) in [5, 5.41) is 0. The van der Waals surface area contributed by atoms with Gasteiger partial charge < -0.3 is 9.47 Å². The van der Waals surface area contributed by atoms with Crippen LogP contribution in [0.4, 0.5) is 0 Å². The van der Waals surface area contributed by atoms with Gasteiger partial charge in [0.25, 0.3) is 0 Å². The fraction of sp³-hybridized carbons (Fsp3) is 0.390. The second-order valence-corrected chi connectivity index (χ2v) is 13.8. The normalized spacial score (nSPS) is 13.7. The molecule has 1 aliphatic carbocycles. The Hall–Kier alpha value is -3.85. The van der Waals surface area contributed by atoms with E-state index in [1.54, 1.807) is 0 Å². The summed E-state index contributed by atoms with van der Waals surface area (Å²) in [6.45, 7) is 16.8. The third kappa shape index (κ3) is 5.70. The van der Waals surface area contributed by atoms with Gasteiger partial charge >= 0.3 is 5.97 Å². The van der Waals surface area contributed by atoms with Crippen LogP contribution >= 0.6 is 0 Å². The van der Waals surface area contributed by atoms with Crippen molar-refractivity contribution in [2.75, 3.05) is 0 Å². The summed E-state index contributed by atoms with van der Waals surface area (Å²) in [6.07, 6.45) is 5.03. The monoisotopic (exact) mass is 588 g/mol. The molecule has 0 N–H and O–H groups in total. The van der Waals surface area contributed by atoms with E-state index in [0.717, 1.165) is 54.5 Å². The van der Waals surface area contributed by atoms with Crippen molar-refractivity contribution in [3.05, 3.63) is 118 Å². The molecule has 3 heteroatoms. The lowest BCUT2D eigenvalue weighted by atomic mass is 9.67. The summed E-state index contributed by atoms with van der Waals surface area (Å²) in [6, 6.07) is 30.6. The van der Waals surface area contributed by atoms with Crippen LogP contribution in [0.2, 0.25) is 0 Å². The number of benzene rings is 4. The van der Waals surface area contributed by atoms with Crippen LogP contribution < -0.4 is 9.47 Å². The van der Waals surface area contributed by atoms with Gasteiger partial charge in [0.2, 0.25) is 0 Å². The second-order valence-electron chi connectivity index (χ2n) is 13.8. The molecular formula is C41H48O3. The van der Waals surface area contributed by atoms with Crippen molar-refractivity contribution in [3.63, 3.8) is 0 Å². The Bertz CT molecular complexity index is 1610. The van der Waals surface area contributed by atoms with Crippen molar-refractivity contribution >= 4 is 5.97 Å². The highest BCUT2D eigenvalue weighted by Gasteiger charge is 2.46. The number of hydrogen-bond acceptors (Lipinski definition) is 3. The van der Waals surface area contributed by atoms with Crippen LogP contribution in [-0.4, -0.2) is 11.6 Å². The van der Waals surface area contributed by atoms with Crippen LogP contribution in [0.1, 0.15) is 107 Å². The number of rotatable bonds is 11. The number of carbonyl (C=O) groups is 1. The summed E-state index contributed by atoms with van der Waals surface area (Å²) >= 11 is 0. The van der Waals surface area contributed by atoms with E-state index in [0.29, 0.717) is 5.75 Å². The van der Waals surface area contributed by atoms with E-state index >= 15 is 0 Å². The maximum absolute atomic E-state index is 13.1. The van der Waals surface area contributed by atoms with Gasteiger partial charge in [-0.05, 0) is 117 Å². The van der Waals surface area contributed by atoms with Crippen LogP contribution in [0.15, 0.2) is 84.9 Å². The molecule has 0 bridgehead atoms. The Morgan fingerprint density at radius 1 is 0.682 bits per heavy atom. The number of esters is 1. The molecule has 4 aromatic rings. The fourth-order valence-electron chi connectivity index (χ4n) is 6.93. The van der Waals surface area contributed by atoms with Crippen molar-refractivity contribution in [1.82, 2.24) is 0 Å². The highest BCUT2D eigenvalue weighted by Crippen LogP contribution is 2.56. The van der Waals surface area contributed by atoms with Crippen molar-refractivity contribution in [3.8, 4) is 22.6 Å². The highest BCUT2D eigenvalue weighted by atomic mass is 16.5. The number of fused-ring (bicyclic) bond motifs is 3. The van der Waals surface area contributed by atoms with E-state index < -0.39 is 10.8 Å². The molecule has 4 aromatic carbocycles. The Labute approximate surface area is 264 Å². The first-order chi connectivity index (χ1) is 20.9. The quantitative estimate of drug-likeness (QED) is 0.114. The average molecular weight is 589 g/mol. The van der Waals surface area contributed by atoms with E-state index in [-0.39, 0.29) is 11.6 Å². The number of carbonyl (C=O) groups excluding carboxylic acids is 1. The van der Waals surface area contributed by atoms with Crippen LogP contribution in [0.5, 0.6) is 11.5 Å². The van der Waals surface area contributed by atoms with Gasteiger partial charge in [0, 0.05) is 0 Å². The van der Waals surface area contributed by atoms with Gasteiger partial charge in [0.1, 0.15) is 17.1 Å². The predicted octanol–water partition coefficient (Wildman–Crippen LogP) is 10.7. The first kappa shape index (κ1) is 31.6. The van der Waals surface area contributed by atoms with Crippen LogP contribution in [-0.2, 0) is 10.2 Å². The van der Waals surface area contributed by atoms with Gasteiger partial charge in [0.05, 0.1) is 10.8 Å². The van der Waals surface area contributed by atoms with E-state index in [4.69, 9.17) is 9.47 Å². The number of ether oxygens (including phenoxy) is 2. The average Bonchev–Trinajstić information content (AvgIpc) is 3.29. The van der Waals surface area contributed by atoms with Gasteiger partial charge in [-0.25, -0.2) is 0 Å². The van der Waals surface area contributed by atoms with Crippen LogP contribution in [0, 0.1) is 19.3 Å². The molecule has 230 valence electrons. The zero-order valence-electron chi connectivity index (χ0n) is 27.8. The molecular weight excluding hydrogens is 540 g/mol. The van der Waals surface area contributed by atoms with Gasteiger partial charge in [0.15, 0.2) is 0 Å². The molecule has 0 amide bonds. The Morgan fingerprint density at radius 3 is 1.70 bits per heavy atom. The van der Waals surface area contributed by atoms with Crippen molar-refractivity contribution in [2.45, 2.75) is 98.5 Å². The summed E-state index contributed by atoms with van der Waals surface area (Å²) in [4.78, 5) is 13.1. The third-order valence-electron chi connectivity index (χ3n) is 9.32. The molecule has 5 rings (SSSR count). The molecule has 0 heterocycles. The maximum Gasteiger partial charge on any atom is 0.316 e. The minimum atomic E-state index is -0.539. The SMILES string of the molecule is CCCCC(C)(C)Oc1ccc(C2(c3ccc(OC(=O)C(C)(C)CCC)c(C)c3)c3ccccc3-c3ccccc32)cc1C. The van der Waals surface area contributed by atoms with E-state index in [1.165, 1.54) is 27.8 Å². The molecule has 0 saturated carbocycles. The fourth-order valence-corrected chi connectivity index (χ4v) is 6.93. The zero-order valence-corrected chi connectivity index (χ0v) is 27.8. The number of unbranched alkanes of at least 4 members (excludes halogenated alkanes) is 1. The lowest BCUT2D eigenvalue weighted by molar-refractivity contribution is -0.144. The molecule has 44 heavy (non-hydrogen) atoms. The number of hydrogen-bond donors (Lipinski definition) is 0. The predicted molar refractivity (Wildman–Crippen MR) is 182 cm³/mol. The van der Waals surface area contributed by atoms with Gasteiger partial charge in [-0.1, -0.05) is 99.5 Å². The van der Waals surface area contributed by atoms with Gasteiger partial charge in [-0.2, -0.15) is 0 Å². The smallest absolute Gasteiger partial charge is 0.316 e. The molecule has 0 saturated heterocycles. The highest BCUT2D eigenvalue weighted by molar-refractivity contribution is 5.86. The first-order valence-corrected chi connectivity index (χ1v) is 16.3. The Morgan fingerprint density at radius 2 is 1.20 bits per heavy atom. The summed E-state index contributed by atoms with van der Waals surface area (Å²) in [5.41, 5.74) is 8.11. The minimum Gasteiger partial charge on any atom is -0.488 e. The lowest BCUT2D eigenvalue weighted by Crippen LogP contribution is -2.30. The topological polar surface area (TPSA) is 35.5 Å². The van der Waals surface area contributed by atoms with Gasteiger partial charge in [-0.15, -0.1) is 0 Å². The summed E-state index contributed by atoms with van der Waals surface area (Å²) in [7, 11) is 0. The standard InChI is InChI=1S/C41H48O3/c1-9-11-25-40(7,8)44-37-23-21-31(27-29(37)4)41(34-18-14-12-16-32(34)33-17-13-15-19-35(33)41)30-20-22-36(28(3)26-30)43-38(42)39(5,6)24-10-2/h12-23,26-27H,9-11,24-25H2,1-8H3. The van der Waals surface area contributed by atoms with Crippen molar-refractivity contribution in [1.29, 1.82) is 0 Å². The molecule has 0 unspecified atom stereocenters. The molecule has 0 aromatic heterocycles. The maximum atomic E-state index is 13.1. The van der Waals surface area contributed by atoms with Crippen molar-refractivity contribution < 1.29 is 14.3 Å². The van der Waals surface area contributed by atoms with Gasteiger partial charge in [-0.3, -0.25) is 4.79 Å². The summed E-state index contributed by atoms with van der Waals surface area (Å²) in [5.74, 6) is 1.36. The molecule has 0 spiro atoms. The zero-order chi connectivity index (χ0) is 31.7. The molecule has 0 atom stereocenters. The lowest BCUT2D eigenvalue weighted by Gasteiger charge is -2.35. The minimum absolute atomic E-state index is 0.186. The molecule has 0 aliphatic heterocycles. The molecule has 3 nitrogen and oxygen atoms in total. The van der Waals surface area contributed by atoms with Crippen molar-refractivity contribution in [2.24, 2.45) is 5.41 Å². The van der Waals surface area contributed by atoms with E-state index in [1.807, 2.05) is 26.8 Å². The largest absolute Gasteiger partial charge is 0.488 e. The Kier molecular flexibility index (Phi) is 8.80. The third-order valence-corrected chi connectivity index (χ3v) is 9.32. The molecule has 1 aliphatic rings. The van der Waals surface area contributed by atoms with Crippen LogP contribution in [0.3, 0.4) is 0 Å². The van der Waals surface area contributed by atoms with E-state index in [2.05, 4.69) is 113 Å². The van der Waals surface area contributed by atoms with E-state index in [9.17, 15) is 4.79 Å².